The molecule has 0 unspecified atom stereocenters. The molecule has 1 amide bonds. The number of hydrazine groups is 1. The molecule has 2 heterocycles. The molecule has 0 spiro atoms. The molecule has 0 bridgehead atoms. The lowest BCUT2D eigenvalue weighted by Gasteiger charge is -2.36. The third kappa shape index (κ3) is 4.98. The molecule has 2 aromatic carbocycles. The van der Waals surface area contributed by atoms with Crippen molar-refractivity contribution in [2.45, 2.75) is 6.92 Å². The minimum absolute atomic E-state index is 0.0759. The first-order valence-corrected chi connectivity index (χ1v) is 10.7. The monoisotopic (exact) mass is 463 g/mol. The van der Waals surface area contributed by atoms with Crippen molar-refractivity contribution in [3.8, 4) is 5.75 Å². The van der Waals surface area contributed by atoms with Crippen molar-refractivity contribution in [3.63, 3.8) is 0 Å². The number of aromatic nitrogens is 2. The van der Waals surface area contributed by atoms with Crippen LogP contribution in [0.3, 0.4) is 0 Å². The highest BCUT2D eigenvalue weighted by atomic mass is 16.6. The second kappa shape index (κ2) is 10.0. The Balaban J connectivity index is 1.46. The summed E-state index contributed by atoms with van der Waals surface area (Å²) in [4.78, 5) is 36.0. The van der Waals surface area contributed by atoms with Gasteiger partial charge >= 0.3 is 5.69 Å². The standard InChI is InChI=1S/C23H25N7O4/c1-16-3-5-17(6-4-16)23(31)27-26-21-20(30(32)33)22(25-15-24-21)29-13-11-28(12-14-29)18-7-9-19(34-2)10-8-18/h3-10,15H,11-14H2,1-2H3,(H,27,31)(H,24,25,26). The van der Waals surface area contributed by atoms with Crippen LogP contribution in [-0.2, 0) is 0 Å². The third-order valence-corrected chi connectivity index (χ3v) is 5.61. The summed E-state index contributed by atoms with van der Waals surface area (Å²) in [6.07, 6.45) is 1.25. The number of nitrogens with zero attached hydrogens (tertiary/aromatic N) is 5. The number of piperazine rings is 1. The van der Waals surface area contributed by atoms with E-state index in [0.29, 0.717) is 31.7 Å². The van der Waals surface area contributed by atoms with Crippen molar-refractivity contribution in [3.05, 3.63) is 76.1 Å². The molecular weight excluding hydrogens is 438 g/mol. The largest absolute Gasteiger partial charge is 0.497 e. The number of carbonyl (C=O) groups excluding carboxylic acids is 1. The van der Waals surface area contributed by atoms with Gasteiger partial charge in [0.05, 0.1) is 12.0 Å². The first-order valence-electron chi connectivity index (χ1n) is 10.7. The van der Waals surface area contributed by atoms with E-state index >= 15 is 0 Å². The maximum Gasteiger partial charge on any atom is 0.355 e. The van der Waals surface area contributed by atoms with Crippen LogP contribution >= 0.6 is 0 Å². The highest BCUT2D eigenvalue weighted by molar-refractivity contribution is 5.95. The molecule has 11 heteroatoms. The zero-order valence-electron chi connectivity index (χ0n) is 18.9. The zero-order chi connectivity index (χ0) is 24.1. The molecule has 34 heavy (non-hydrogen) atoms. The molecule has 0 atom stereocenters. The summed E-state index contributed by atoms with van der Waals surface area (Å²) in [5.74, 6) is 0.491. The summed E-state index contributed by atoms with van der Waals surface area (Å²) in [7, 11) is 1.62. The number of nitrogens with one attached hydrogen (secondary N) is 2. The number of carbonyl (C=O) groups is 1. The molecule has 0 radical (unpaired) electrons. The number of hydrogen-bond donors (Lipinski definition) is 2. The van der Waals surface area contributed by atoms with E-state index in [9.17, 15) is 14.9 Å². The van der Waals surface area contributed by atoms with E-state index < -0.39 is 10.8 Å². The van der Waals surface area contributed by atoms with E-state index in [1.54, 1.807) is 19.2 Å². The molecule has 1 saturated heterocycles. The van der Waals surface area contributed by atoms with Crippen molar-refractivity contribution >= 4 is 28.9 Å². The number of rotatable bonds is 7. The van der Waals surface area contributed by atoms with Gasteiger partial charge in [-0.15, -0.1) is 0 Å². The van der Waals surface area contributed by atoms with Gasteiger partial charge in [0.2, 0.25) is 11.6 Å². The van der Waals surface area contributed by atoms with Crippen LogP contribution in [0.4, 0.5) is 23.0 Å². The first-order chi connectivity index (χ1) is 16.5. The first kappa shape index (κ1) is 22.8. The summed E-state index contributed by atoms with van der Waals surface area (Å²) in [5, 5.41) is 11.9. The molecule has 2 N–H and O–H groups in total. The van der Waals surface area contributed by atoms with Gasteiger partial charge in [0.15, 0.2) is 0 Å². The average Bonchev–Trinajstić information content (AvgIpc) is 2.87. The maximum absolute atomic E-state index is 12.4. The van der Waals surface area contributed by atoms with Crippen molar-refractivity contribution < 1.29 is 14.5 Å². The van der Waals surface area contributed by atoms with Crippen molar-refractivity contribution in [2.24, 2.45) is 0 Å². The Hall–Kier alpha value is -4.41. The quantitative estimate of drug-likeness (QED) is 0.402. The van der Waals surface area contributed by atoms with Crippen LogP contribution in [0.5, 0.6) is 5.75 Å². The molecule has 0 aliphatic carbocycles. The predicted octanol–water partition coefficient (Wildman–Crippen LogP) is 2.79. The summed E-state index contributed by atoms with van der Waals surface area (Å²) in [5.41, 5.74) is 7.28. The number of methoxy groups -OCH3 is 1. The Bertz CT molecular complexity index is 1160. The van der Waals surface area contributed by atoms with Gasteiger partial charge in [0, 0.05) is 37.4 Å². The molecule has 1 aliphatic heterocycles. The van der Waals surface area contributed by atoms with Crippen LogP contribution in [0, 0.1) is 17.0 Å². The fraction of sp³-hybridized carbons (Fsp3) is 0.261. The topological polar surface area (TPSA) is 126 Å². The Morgan fingerprint density at radius 1 is 1.00 bits per heavy atom. The fourth-order valence-corrected chi connectivity index (χ4v) is 3.72. The van der Waals surface area contributed by atoms with Crippen LogP contribution < -0.4 is 25.4 Å². The second-order valence-electron chi connectivity index (χ2n) is 7.77. The molecule has 1 aromatic heterocycles. The highest BCUT2D eigenvalue weighted by Crippen LogP contribution is 2.32. The minimum atomic E-state index is -0.536. The molecule has 1 aliphatic rings. The van der Waals surface area contributed by atoms with Crippen molar-refractivity contribution in [1.82, 2.24) is 15.4 Å². The van der Waals surface area contributed by atoms with Crippen LogP contribution in [0.15, 0.2) is 54.9 Å². The molecule has 3 aromatic rings. The summed E-state index contributed by atoms with van der Waals surface area (Å²) in [6, 6.07) is 14.8. The smallest absolute Gasteiger partial charge is 0.355 e. The molecule has 11 nitrogen and oxygen atoms in total. The van der Waals surface area contributed by atoms with Crippen molar-refractivity contribution in [2.75, 3.05) is 48.5 Å². The predicted molar refractivity (Wildman–Crippen MR) is 128 cm³/mol. The number of ether oxygens (including phenoxy) is 1. The molecule has 4 rings (SSSR count). The van der Waals surface area contributed by atoms with E-state index in [0.717, 1.165) is 17.0 Å². The van der Waals surface area contributed by atoms with Gasteiger partial charge in [-0.1, -0.05) is 17.7 Å². The van der Waals surface area contributed by atoms with E-state index in [1.165, 1.54) is 6.33 Å². The summed E-state index contributed by atoms with van der Waals surface area (Å²) < 4.78 is 5.21. The lowest BCUT2D eigenvalue weighted by molar-refractivity contribution is -0.383. The van der Waals surface area contributed by atoms with E-state index in [1.807, 2.05) is 48.2 Å². The van der Waals surface area contributed by atoms with Gasteiger partial charge in [-0.2, -0.15) is 0 Å². The molecule has 1 fully saturated rings. The maximum atomic E-state index is 12.4. The third-order valence-electron chi connectivity index (χ3n) is 5.61. The lowest BCUT2D eigenvalue weighted by Crippen LogP contribution is -2.47. The number of anilines is 3. The number of hydrogen-bond acceptors (Lipinski definition) is 9. The minimum Gasteiger partial charge on any atom is -0.497 e. The fourth-order valence-electron chi connectivity index (χ4n) is 3.72. The Labute approximate surface area is 196 Å². The van der Waals surface area contributed by atoms with Gasteiger partial charge in [0.25, 0.3) is 5.91 Å². The normalized spacial score (nSPS) is 13.4. The number of amides is 1. The number of benzene rings is 2. The Morgan fingerprint density at radius 2 is 1.65 bits per heavy atom. The number of nitro groups is 1. The van der Waals surface area contributed by atoms with Gasteiger partial charge in [0.1, 0.15) is 12.1 Å². The van der Waals surface area contributed by atoms with Gasteiger partial charge in [-0.25, -0.2) is 9.97 Å². The van der Waals surface area contributed by atoms with Gasteiger partial charge in [-0.05, 0) is 43.3 Å². The van der Waals surface area contributed by atoms with E-state index in [4.69, 9.17) is 4.74 Å². The Morgan fingerprint density at radius 3 is 2.26 bits per heavy atom. The Kier molecular flexibility index (Phi) is 6.72. The summed E-state index contributed by atoms with van der Waals surface area (Å²) in [6.45, 7) is 4.33. The highest BCUT2D eigenvalue weighted by Gasteiger charge is 2.29. The summed E-state index contributed by atoms with van der Waals surface area (Å²) >= 11 is 0. The zero-order valence-corrected chi connectivity index (χ0v) is 18.9. The number of aryl methyl sites for hydroxylation is 1. The lowest BCUT2D eigenvalue weighted by atomic mass is 10.1. The SMILES string of the molecule is COc1ccc(N2CCN(c3ncnc(NNC(=O)c4ccc(C)cc4)c3[N+](=O)[O-])CC2)cc1. The average molecular weight is 463 g/mol. The van der Waals surface area contributed by atoms with Crippen molar-refractivity contribution in [1.29, 1.82) is 0 Å². The second-order valence-corrected chi connectivity index (χ2v) is 7.77. The molecule has 0 saturated carbocycles. The van der Waals surface area contributed by atoms with Crippen LogP contribution in [0.1, 0.15) is 15.9 Å². The molecular formula is C23H25N7O4. The van der Waals surface area contributed by atoms with Gasteiger partial charge < -0.3 is 14.5 Å². The van der Waals surface area contributed by atoms with Crippen LogP contribution in [0.2, 0.25) is 0 Å². The van der Waals surface area contributed by atoms with Crippen LogP contribution in [-0.4, -0.2) is 54.1 Å². The van der Waals surface area contributed by atoms with Gasteiger partial charge in [-0.3, -0.25) is 25.8 Å². The van der Waals surface area contributed by atoms with E-state index in [-0.39, 0.29) is 17.3 Å². The van der Waals surface area contributed by atoms with E-state index in [2.05, 4.69) is 25.7 Å². The molecule has 176 valence electrons. The van der Waals surface area contributed by atoms with Crippen LogP contribution in [0.25, 0.3) is 0 Å².